The van der Waals surface area contributed by atoms with Gasteiger partial charge in [-0.05, 0) is 5.92 Å². The lowest BCUT2D eigenvalue weighted by atomic mass is 10.1. The fourth-order valence-corrected chi connectivity index (χ4v) is 1.41. The Morgan fingerprint density at radius 2 is 2.05 bits per heavy atom. The first-order valence-electron chi connectivity index (χ1n) is 6.17. The molecule has 1 aromatic heterocycles. The zero-order valence-corrected chi connectivity index (χ0v) is 12.7. The molecule has 0 unspecified atom stereocenters. The lowest BCUT2D eigenvalue weighted by molar-refractivity contribution is -0.127. The molecule has 1 heterocycles. The van der Waals surface area contributed by atoms with E-state index in [4.69, 9.17) is 5.73 Å². The summed E-state index contributed by atoms with van der Waals surface area (Å²) in [6.07, 6.45) is 3.49. The van der Waals surface area contributed by atoms with Gasteiger partial charge in [-0.3, -0.25) is 14.3 Å². The average Bonchev–Trinajstić information content (AvgIpc) is 2.78. The van der Waals surface area contributed by atoms with Crippen molar-refractivity contribution in [2.45, 2.75) is 26.4 Å². The molecule has 0 aliphatic heterocycles. The third kappa shape index (κ3) is 6.03. The Labute approximate surface area is 124 Å². The van der Waals surface area contributed by atoms with E-state index in [1.54, 1.807) is 17.9 Å². The summed E-state index contributed by atoms with van der Waals surface area (Å²) >= 11 is 0. The topological polar surface area (TPSA) is 102 Å². The predicted octanol–water partition coefficient (Wildman–Crippen LogP) is -0.442. The van der Waals surface area contributed by atoms with Gasteiger partial charge < -0.3 is 16.4 Å². The van der Waals surface area contributed by atoms with Crippen molar-refractivity contribution in [1.29, 1.82) is 0 Å². The number of aromatic nitrogens is 2. The van der Waals surface area contributed by atoms with E-state index in [0.717, 1.165) is 5.56 Å². The van der Waals surface area contributed by atoms with Gasteiger partial charge in [0, 0.05) is 25.4 Å². The molecule has 1 rings (SSSR count). The van der Waals surface area contributed by atoms with Gasteiger partial charge in [-0.2, -0.15) is 5.10 Å². The Morgan fingerprint density at radius 1 is 1.40 bits per heavy atom. The van der Waals surface area contributed by atoms with E-state index in [2.05, 4.69) is 15.7 Å². The largest absolute Gasteiger partial charge is 0.350 e. The summed E-state index contributed by atoms with van der Waals surface area (Å²) in [7, 11) is 1.80. The van der Waals surface area contributed by atoms with Crippen LogP contribution in [0, 0.1) is 5.92 Å². The van der Waals surface area contributed by atoms with Crippen molar-refractivity contribution >= 4 is 24.2 Å². The molecule has 0 radical (unpaired) electrons. The summed E-state index contributed by atoms with van der Waals surface area (Å²) in [4.78, 5) is 23.1. The number of nitrogens with zero attached hydrogens (tertiary/aromatic N) is 2. The van der Waals surface area contributed by atoms with Crippen LogP contribution >= 0.6 is 12.4 Å². The Balaban J connectivity index is 0.00000361. The monoisotopic (exact) mass is 303 g/mol. The minimum Gasteiger partial charge on any atom is -0.350 e. The molecule has 4 N–H and O–H groups in total. The molecule has 8 heteroatoms. The number of carbonyl (C=O) groups excluding carboxylic acids is 2. The molecule has 0 saturated carbocycles. The number of amides is 2. The van der Waals surface area contributed by atoms with E-state index in [1.165, 1.54) is 0 Å². The maximum absolute atomic E-state index is 11.5. The molecule has 7 nitrogen and oxygen atoms in total. The highest BCUT2D eigenvalue weighted by Gasteiger charge is 2.17. The fraction of sp³-hybridized carbons (Fsp3) is 0.583. The van der Waals surface area contributed by atoms with Crippen molar-refractivity contribution in [2.75, 3.05) is 6.54 Å². The second-order valence-corrected chi connectivity index (χ2v) is 4.79. The van der Waals surface area contributed by atoms with Crippen molar-refractivity contribution in [3.63, 3.8) is 0 Å². The highest BCUT2D eigenvalue weighted by molar-refractivity contribution is 5.87. The van der Waals surface area contributed by atoms with Gasteiger partial charge in [0.1, 0.15) is 0 Å². The van der Waals surface area contributed by atoms with Crippen LogP contribution in [-0.4, -0.2) is 34.2 Å². The quantitative estimate of drug-likeness (QED) is 0.663. The molecule has 0 aliphatic rings. The van der Waals surface area contributed by atoms with Gasteiger partial charge >= 0.3 is 0 Å². The van der Waals surface area contributed by atoms with Crippen LogP contribution < -0.4 is 16.4 Å². The van der Waals surface area contributed by atoms with Crippen LogP contribution in [0.25, 0.3) is 0 Å². The van der Waals surface area contributed by atoms with Gasteiger partial charge in [0.25, 0.3) is 0 Å². The van der Waals surface area contributed by atoms with Gasteiger partial charge in [0.05, 0.1) is 18.8 Å². The van der Waals surface area contributed by atoms with Crippen molar-refractivity contribution in [1.82, 2.24) is 20.4 Å². The van der Waals surface area contributed by atoms with Crippen molar-refractivity contribution in [3.05, 3.63) is 18.0 Å². The smallest absolute Gasteiger partial charge is 0.239 e. The second-order valence-electron chi connectivity index (χ2n) is 4.79. The van der Waals surface area contributed by atoms with Gasteiger partial charge in [-0.1, -0.05) is 13.8 Å². The van der Waals surface area contributed by atoms with Crippen LogP contribution in [0.3, 0.4) is 0 Å². The molecular weight excluding hydrogens is 282 g/mol. The number of hydrogen-bond donors (Lipinski definition) is 3. The fourth-order valence-electron chi connectivity index (χ4n) is 1.41. The minimum absolute atomic E-state index is 0. The summed E-state index contributed by atoms with van der Waals surface area (Å²) in [5.41, 5.74) is 6.56. The summed E-state index contributed by atoms with van der Waals surface area (Å²) < 4.78 is 1.66. The number of nitrogens with two attached hydrogens (primary N) is 1. The second kappa shape index (κ2) is 8.55. The SMILES string of the molecule is CC(C)[C@H](N)C(=O)NCC(=O)NCc1cnn(C)c1.Cl. The first kappa shape index (κ1) is 18.4. The van der Waals surface area contributed by atoms with Crippen molar-refractivity contribution < 1.29 is 9.59 Å². The number of rotatable bonds is 6. The van der Waals surface area contributed by atoms with E-state index in [1.807, 2.05) is 20.0 Å². The van der Waals surface area contributed by atoms with Crippen LogP contribution in [0.15, 0.2) is 12.4 Å². The van der Waals surface area contributed by atoms with E-state index < -0.39 is 6.04 Å². The summed E-state index contributed by atoms with van der Waals surface area (Å²) in [6, 6.07) is -0.592. The maximum atomic E-state index is 11.5. The third-order valence-electron chi connectivity index (χ3n) is 2.69. The Hall–Kier alpha value is -1.60. The summed E-state index contributed by atoms with van der Waals surface area (Å²) in [5.74, 6) is -0.529. The Morgan fingerprint density at radius 3 is 2.55 bits per heavy atom. The first-order valence-corrected chi connectivity index (χ1v) is 6.17. The van der Waals surface area contributed by atoms with Gasteiger partial charge in [-0.25, -0.2) is 0 Å². The molecule has 0 fully saturated rings. The van der Waals surface area contributed by atoms with Crippen LogP contribution in [-0.2, 0) is 23.2 Å². The summed E-state index contributed by atoms with van der Waals surface area (Å²) in [6.45, 7) is 4.03. The molecule has 20 heavy (non-hydrogen) atoms. The molecule has 0 aliphatic carbocycles. The van der Waals surface area contributed by atoms with Gasteiger partial charge in [-0.15, -0.1) is 12.4 Å². The van der Waals surface area contributed by atoms with E-state index >= 15 is 0 Å². The molecule has 0 aromatic carbocycles. The zero-order valence-electron chi connectivity index (χ0n) is 11.9. The van der Waals surface area contributed by atoms with Crippen molar-refractivity contribution in [2.24, 2.45) is 18.7 Å². The Bertz CT molecular complexity index is 447. The number of hydrogen-bond acceptors (Lipinski definition) is 4. The molecule has 114 valence electrons. The summed E-state index contributed by atoms with van der Waals surface area (Å²) in [5, 5.41) is 9.19. The lowest BCUT2D eigenvalue weighted by Crippen LogP contribution is -2.47. The highest BCUT2D eigenvalue weighted by Crippen LogP contribution is 1.97. The number of aryl methyl sites for hydroxylation is 1. The van der Waals surface area contributed by atoms with E-state index in [-0.39, 0.29) is 36.7 Å². The predicted molar refractivity (Wildman–Crippen MR) is 78.1 cm³/mol. The highest BCUT2D eigenvalue weighted by atomic mass is 35.5. The van der Waals surface area contributed by atoms with Crippen molar-refractivity contribution in [3.8, 4) is 0 Å². The Kier molecular flexibility index (Phi) is 7.86. The molecular formula is C12H22ClN5O2. The molecule has 2 amide bonds. The number of nitrogens with one attached hydrogen (secondary N) is 2. The third-order valence-corrected chi connectivity index (χ3v) is 2.69. The first-order chi connectivity index (χ1) is 8.90. The average molecular weight is 304 g/mol. The molecule has 0 bridgehead atoms. The van der Waals surface area contributed by atoms with Crippen LogP contribution in [0.1, 0.15) is 19.4 Å². The van der Waals surface area contributed by atoms with E-state index in [0.29, 0.717) is 6.54 Å². The standard InChI is InChI=1S/C12H21N5O2.ClH/c1-8(2)11(13)12(19)15-6-10(18)14-4-9-5-16-17(3)7-9;/h5,7-8,11H,4,6,13H2,1-3H3,(H,14,18)(H,15,19);1H/t11-;/m0./s1. The number of carbonyl (C=O) groups is 2. The maximum Gasteiger partial charge on any atom is 0.239 e. The van der Waals surface area contributed by atoms with E-state index in [9.17, 15) is 9.59 Å². The lowest BCUT2D eigenvalue weighted by Gasteiger charge is -2.15. The molecule has 0 spiro atoms. The molecule has 1 atom stereocenters. The van der Waals surface area contributed by atoms with Crippen LogP contribution in [0.2, 0.25) is 0 Å². The number of halogens is 1. The van der Waals surface area contributed by atoms with Gasteiger partial charge in [0.2, 0.25) is 11.8 Å². The normalized spacial score (nSPS) is 11.7. The van der Waals surface area contributed by atoms with Crippen LogP contribution in [0.5, 0.6) is 0 Å². The van der Waals surface area contributed by atoms with Crippen LogP contribution in [0.4, 0.5) is 0 Å². The minimum atomic E-state index is -0.592. The molecule has 1 aromatic rings. The zero-order chi connectivity index (χ0) is 14.4. The van der Waals surface area contributed by atoms with Gasteiger partial charge in [0.15, 0.2) is 0 Å². The molecule has 0 saturated heterocycles.